The number of hydrogen-bond donors (Lipinski definition) is 3. The molecule has 2 amide bonds. The molecular weight excluding hydrogens is 246 g/mol. The standard InChI is InChI=1S/C12H17N5O2/c1-7-5-10(16-13)9(6-15-7)12(19)17-4-3-14-11(18)8(17)2/h5-6,8H,3-4,13H2,1-2H3,(H,14,18)(H,15,16). The molecule has 1 aromatic rings. The van der Waals surface area contributed by atoms with Crippen molar-refractivity contribution in [1.29, 1.82) is 0 Å². The number of nitrogen functional groups attached to an aromatic ring is 1. The number of hydrazine groups is 1. The molecule has 1 aromatic heterocycles. The van der Waals surface area contributed by atoms with Gasteiger partial charge in [-0.25, -0.2) is 0 Å². The van der Waals surface area contributed by atoms with Gasteiger partial charge in [0.2, 0.25) is 5.91 Å². The largest absolute Gasteiger partial charge is 0.353 e. The third kappa shape index (κ3) is 2.50. The van der Waals surface area contributed by atoms with Gasteiger partial charge in [0.1, 0.15) is 6.04 Å². The highest BCUT2D eigenvalue weighted by Crippen LogP contribution is 2.18. The van der Waals surface area contributed by atoms with Crippen molar-refractivity contribution in [2.45, 2.75) is 19.9 Å². The molecule has 2 heterocycles. The monoisotopic (exact) mass is 263 g/mol. The molecule has 7 nitrogen and oxygen atoms in total. The molecule has 0 aromatic carbocycles. The number of piperazine rings is 1. The third-order valence-corrected chi connectivity index (χ3v) is 3.19. The summed E-state index contributed by atoms with van der Waals surface area (Å²) in [4.78, 5) is 29.7. The minimum absolute atomic E-state index is 0.151. The molecule has 0 bridgehead atoms. The van der Waals surface area contributed by atoms with Crippen LogP contribution >= 0.6 is 0 Å². The topological polar surface area (TPSA) is 100 Å². The van der Waals surface area contributed by atoms with E-state index in [2.05, 4.69) is 15.7 Å². The van der Waals surface area contributed by atoms with E-state index < -0.39 is 6.04 Å². The van der Waals surface area contributed by atoms with Crippen LogP contribution in [0.3, 0.4) is 0 Å². The Kier molecular flexibility index (Phi) is 3.66. The Labute approximate surface area is 111 Å². The van der Waals surface area contributed by atoms with Crippen molar-refractivity contribution in [2.24, 2.45) is 5.84 Å². The van der Waals surface area contributed by atoms with Crippen molar-refractivity contribution in [3.05, 3.63) is 23.5 Å². The first-order valence-electron chi connectivity index (χ1n) is 6.06. The number of aromatic nitrogens is 1. The van der Waals surface area contributed by atoms with Crippen LogP contribution in [0.2, 0.25) is 0 Å². The number of hydrogen-bond acceptors (Lipinski definition) is 5. The quantitative estimate of drug-likeness (QED) is 0.499. The SMILES string of the molecule is Cc1cc(NN)c(C(=O)N2CCNC(=O)C2C)cn1. The van der Waals surface area contributed by atoms with Crippen molar-refractivity contribution < 1.29 is 9.59 Å². The smallest absolute Gasteiger partial charge is 0.258 e. The number of nitrogens with two attached hydrogens (primary N) is 1. The molecule has 0 aliphatic carbocycles. The lowest BCUT2D eigenvalue weighted by Crippen LogP contribution is -2.55. The van der Waals surface area contributed by atoms with E-state index in [9.17, 15) is 9.59 Å². The first-order valence-corrected chi connectivity index (χ1v) is 6.06. The number of anilines is 1. The van der Waals surface area contributed by atoms with Crippen molar-refractivity contribution in [3.8, 4) is 0 Å². The molecule has 7 heteroatoms. The molecule has 4 N–H and O–H groups in total. The molecule has 1 aliphatic rings. The van der Waals surface area contributed by atoms with Gasteiger partial charge in [0.25, 0.3) is 5.91 Å². The molecule has 0 radical (unpaired) electrons. The maximum atomic E-state index is 12.5. The molecule has 0 spiro atoms. The lowest BCUT2D eigenvalue weighted by atomic mass is 10.1. The number of nitrogens with zero attached hydrogens (tertiary/aromatic N) is 2. The van der Waals surface area contributed by atoms with E-state index in [1.165, 1.54) is 11.1 Å². The van der Waals surface area contributed by atoms with Crippen molar-refractivity contribution >= 4 is 17.5 Å². The predicted molar refractivity (Wildman–Crippen MR) is 70.3 cm³/mol. The highest BCUT2D eigenvalue weighted by molar-refractivity contribution is 6.01. The summed E-state index contributed by atoms with van der Waals surface area (Å²) in [5, 5.41) is 2.72. The van der Waals surface area contributed by atoms with Gasteiger partial charge < -0.3 is 15.6 Å². The zero-order chi connectivity index (χ0) is 14.0. The first-order chi connectivity index (χ1) is 9.04. The number of rotatable bonds is 2. The molecule has 1 saturated heterocycles. The van der Waals surface area contributed by atoms with E-state index in [0.29, 0.717) is 24.3 Å². The Hall–Kier alpha value is -2.15. The molecule has 0 saturated carbocycles. The van der Waals surface area contributed by atoms with Gasteiger partial charge in [0.05, 0.1) is 11.3 Å². The van der Waals surface area contributed by atoms with Crippen LogP contribution in [-0.4, -0.2) is 40.8 Å². The summed E-state index contributed by atoms with van der Waals surface area (Å²) in [7, 11) is 0. The van der Waals surface area contributed by atoms with Gasteiger partial charge in [-0.2, -0.15) is 0 Å². The van der Waals surface area contributed by atoms with Crippen LogP contribution in [0, 0.1) is 6.92 Å². The van der Waals surface area contributed by atoms with Crippen molar-refractivity contribution in [3.63, 3.8) is 0 Å². The maximum Gasteiger partial charge on any atom is 0.258 e. The molecular formula is C12H17N5O2. The zero-order valence-electron chi connectivity index (χ0n) is 10.9. The Morgan fingerprint density at radius 3 is 3.05 bits per heavy atom. The number of nitrogens with one attached hydrogen (secondary N) is 2. The molecule has 1 unspecified atom stereocenters. The van der Waals surface area contributed by atoms with E-state index in [0.717, 1.165) is 5.69 Å². The number of carbonyl (C=O) groups excluding carboxylic acids is 2. The number of aryl methyl sites for hydroxylation is 1. The summed E-state index contributed by atoms with van der Waals surface area (Å²) >= 11 is 0. The van der Waals surface area contributed by atoms with Gasteiger partial charge in [-0.3, -0.25) is 20.4 Å². The van der Waals surface area contributed by atoms with E-state index >= 15 is 0 Å². The molecule has 1 aliphatic heterocycles. The second kappa shape index (κ2) is 5.23. The van der Waals surface area contributed by atoms with Gasteiger partial charge >= 0.3 is 0 Å². The normalized spacial score (nSPS) is 19.0. The Bertz CT molecular complexity index is 517. The second-order valence-electron chi connectivity index (χ2n) is 4.48. The van der Waals surface area contributed by atoms with E-state index in [1.54, 1.807) is 13.0 Å². The summed E-state index contributed by atoms with van der Waals surface area (Å²) in [6.45, 7) is 4.44. The van der Waals surface area contributed by atoms with Crippen molar-refractivity contribution in [2.75, 3.05) is 18.5 Å². The lowest BCUT2D eigenvalue weighted by Gasteiger charge is -2.33. The van der Waals surface area contributed by atoms with Gasteiger partial charge in [-0.15, -0.1) is 0 Å². The van der Waals surface area contributed by atoms with Crippen LogP contribution in [0.4, 0.5) is 5.69 Å². The van der Waals surface area contributed by atoms with Gasteiger partial charge in [-0.05, 0) is 19.9 Å². The van der Waals surface area contributed by atoms with Crippen LogP contribution < -0.4 is 16.6 Å². The Morgan fingerprint density at radius 1 is 1.63 bits per heavy atom. The fourth-order valence-electron chi connectivity index (χ4n) is 2.06. The molecule has 1 atom stereocenters. The van der Waals surface area contributed by atoms with Crippen LogP contribution in [0.15, 0.2) is 12.3 Å². The highest BCUT2D eigenvalue weighted by Gasteiger charge is 2.31. The van der Waals surface area contributed by atoms with E-state index in [4.69, 9.17) is 5.84 Å². The third-order valence-electron chi connectivity index (χ3n) is 3.19. The fourth-order valence-corrected chi connectivity index (χ4v) is 2.06. The minimum atomic E-state index is -0.492. The highest BCUT2D eigenvalue weighted by atomic mass is 16.2. The Balaban J connectivity index is 2.31. The maximum absolute atomic E-state index is 12.5. The zero-order valence-corrected chi connectivity index (χ0v) is 10.9. The summed E-state index contributed by atoms with van der Waals surface area (Å²) in [5.74, 6) is 5.02. The summed E-state index contributed by atoms with van der Waals surface area (Å²) < 4.78 is 0. The first kappa shape index (κ1) is 13.3. The van der Waals surface area contributed by atoms with Crippen LogP contribution in [-0.2, 0) is 4.79 Å². The van der Waals surface area contributed by atoms with E-state index in [-0.39, 0.29) is 11.8 Å². The summed E-state index contributed by atoms with van der Waals surface area (Å²) in [6, 6.07) is 1.20. The average Bonchev–Trinajstić information content (AvgIpc) is 2.41. The molecule has 2 rings (SSSR count). The number of amides is 2. The average molecular weight is 263 g/mol. The Morgan fingerprint density at radius 2 is 2.37 bits per heavy atom. The number of carbonyl (C=O) groups is 2. The van der Waals surface area contributed by atoms with Gasteiger partial charge in [-0.1, -0.05) is 0 Å². The van der Waals surface area contributed by atoms with Gasteiger partial charge in [0.15, 0.2) is 0 Å². The lowest BCUT2D eigenvalue weighted by molar-refractivity contribution is -0.127. The predicted octanol–water partition coefficient (Wildman–Crippen LogP) is -0.364. The van der Waals surface area contributed by atoms with E-state index in [1.807, 2.05) is 6.92 Å². The molecule has 102 valence electrons. The van der Waals surface area contributed by atoms with Crippen LogP contribution in [0.5, 0.6) is 0 Å². The van der Waals surface area contributed by atoms with Crippen LogP contribution in [0.1, 0.15) is 23.0 Å². The minimum Gasteiger partial charge on any atom is -0.353 e. The fraction of sp³-hybridized carbons (Fsp3) is 0.417. The summed E-state index contributed by atoms with van der Waals surface area (Å²) in [5.41, 5.74) is 4.13. The van der Waals surface area contributed by atoms with Crippen LogP contribution in [0.25, 0.3) is 0 Å². The van der Waals surface area contributed by atoms with Gasteiger partial charge in [0, 0.05) is 25.0 Å². The summed E-state index contributed by atoms with van der Waals surface area (Å²) in [6.07, 6.45) is 1.48. The van der Waals surface area contributed by atoms with Crippen molar-refractivity contribution in [1.82, 2.24) is 15.2 Å². The second-order valence-corrected chi connectivity index (χ2v) is 4.48. The molecule has 1 fully saturated rings. The molecule has 19 heavy (non-hydrogen) atoms. The number of pyridine rings is 1.